The van der Waals surface area contributed by atoms with Gasteiger partial charge in [-0.2, -0.15) is 0 Å². The third-order valence-corrected chi connectivity index (χ3v) is 15.5. The van der Waals surface area contributed by atoms with Crippen molar-refractivity contribution in [3.8, 4) is 0 Å². The van der Waals surface area contributed by atoms with E-state index < -0.39 is 78.5 Å². The Hall–Kier alpha value is -1.15. The maximum Gasteiger partial charge on any atom is 0.302 e. The molecule has 17 atom stereocenters. The van der Waals surface area contributed by atoms with Gasteiger partial charge in [-0.3, -0.25) is 4.79 Å². The second kappa shape index (κ2) is 12.5. The Bertz CT molecular complexity index is 1300. The van der Waals surface area contributed by atoms with E-state index in [1.807, 2.05) is 13.8 Å². The summed E-state index contributed by atoms with van der Waals surface area (Å²) in [6.45, 7) is 16.0. The average molecular weight is 695 g/mol. The number of esters is 1. The van der Waals surface area contributed by atoms with Crippen LogP contribution in [0.15, 0.2) is 11.6 Å². The molecule has 49 heavy (non-hydrogen) atoms. The van der Waals surface area contributed by atoms with Gasteiger partial charge in [0.05, 0.1) is 18.8 Å². The van der Waals surface area contributed by atoms with Crippen LogP contribution in [-0.2, 0) is 19.0 Å². The second-order valence-corrected chi connectivity index (χ2v) is 18.4. The van der Waals surface area contributed by atoms with E-state index in [0.29, 0.717) is 31.6 Å². The Labute approximate surface area is 291 Å². The lowest BCUT2D eigenvalue weighted by atomic mass is 9.35. The lowest BCUT2D eigenvalue weighted by Gasteiger charge is -2.70. The molecule has 11 heteroatoms. The number of rotatable bonds is 6. The molecule has 0 amide bonds. The van der Waals surface area contributed by atoms with Gasteiger partial charge in [0.2, 0.25) is 0 Å². The molecule has 7 N–H and O–H groups in total. The maximum absolute atomic E-state index is 12.6. The first-order chi connectivity index (χ1) is 22.7. The second-order valence-electron chi connectivity index (χ2n) is 18.4. The Balaban J connectivity index is 1.39. The molecule has 0 spiro atoms. The fourth-order valence-electron chi connectivity index (χ4n) is 13.2. The Kier molecular flexibility index (Phi) is 9.57. The molecular formula is C38H62O11. The lowest BCUT2D eigenvalue weighted by molar-refractivity contribution is -0.337. The van der Waals surface area contributed by atoms with Gasteiger partial charge in [0.1, 0.15) is 36.6 Å². The van der Waals surface area contributed by atoms with Crippen LogP contribution in [0.25, 0.3) is 0 Å². The summed E-state index contributed by atoms with van der Waals surface area (Å²) in [5, 5.41) is 76.6. The first kappa shape index (κ1) is 37.6. The van der Waals surface area contributed by atoms with Gasteiger partial charge in [-0.25, -0.2) is 0 Å². The maximum atomic E-state index is 12.6. The van der Waals surface area contributed by atoms with Gasteiger partial charge >= 0.3 is 5.97 Å². The molecule has 0 radical (unpaired) electrons. The summed E-state index contributed by atoms with van der Waals surface area (Å²) in [7, 11) is 0. The van der Waals surface area contributed by atoms with E-state index in [-0.39, 0.29) is 46.5 Å². The Morgan fingerprint density at radius 2 is 1.61 bits per heavy atom. The minimum absolute atomic E-state index is 0.0426. The minimum atomic E-state index is -1.62. The van der Waals surface area contributed by atoms with Crippen LogP contribution in [-0.4, -0.2) is 110 Å². The molecule has 6 aliphatic rings. The molecule has 0 unspecified atom stereocenters. The van der Waals surface area contributed by atoms with E-state index in [2.05, 4.69) is 40.7 Å². The zero-order valence-corrected chi connectivity index (χ0v) is 30.6. The van der Waals surface area contributed by atoms with Crippen molar-refractivity contribution in [2.45, 2.75) is 149 Å². The molecule has 0 aromatic heterocycles. The molecule has 4 saturated carbocycles. The van der Waals surface area contributed by atoms with Crippen LogP contribution >= 0.6 is 0 Å². The Morgan fingerprint density at radius 1 is 0.939 bits per heavy atom. The quantitative estimate of drug-likeness (QED) is 0.123. The van der Waals surface area contributed by atoms with Gasteiger partial charge in [0.25, 0.3) is 0 Å². The van der Waals surface area contributed by atoms with Crippen molar-refractivity contribution in [1.82, 2.24) is 0 Å². The van der Waals surface area contributed by atoms with Gasteiger partial charge in [-0.1, -0.05) is 60.1 Å². The predicted octanol–water partition coefficient (Wildman–Crippen LogP) is 2.30. The highest BCUT2D eigenvalue weighted by atomic mass is 16.7. The molecule has 0 aromatic rings. The van der Waals surface area contributed by atoms with E-state index >= 15 is 0 Å². The van der Waals surface area contributed by atoms with Gasteiger partial charge in [-0.05, 0) is 83.9 Å². The van der Waals surface area contributed by atoms with Crippen molar-refractivity contribution in [2.75, 3.05) is 13.2 Å². The number of hydrogen-bond donors (Lipinski definition) is 7. The third kappa shape index (κ3) is 5.18. The first-order valence-electron chi connectivity index (χ1n) is 18.6. The molecule has 0 bridgehead atoms. The molecule has 1 saturated heterocycles. The molecule has 280 valence electrons. The molecule has 11 nitrogen and oxygen atoms in total. The topological polar surface area (TPSA) is 186 Å². The molecule has 5 fully saturated rings. The molecule has 5 aliphatic carbocycles. The van der Waals surface area contributed by atoms with E-state index in [1.54, 1.807) is 0 Å². The molecule has 6 rings (SSSR count). The first-order valence-corrected chi connectivity index (χ1v) is 18.6. The third-order valence-electron chi connectivity index (χ3n) is 15.5. The van der Waals surface area contributed by atoms with Crippen LogP contribution in [0.5, 0.6) is 0 Å². The summed E-state index contributed by atoms with van der Waals surface area (Å²) in [6.07, 6.45) is -4.03. The summed E-state index contributed by atoms with van der Waals surface area (Å²) in [6, 6.07) is 0. The summed E-state index contributed by atoms with van der Waals surface area (Å²) < 4.78 is 18.2. The SMILES string of the molecule is CC(=O)O[C@@H]1C[C@]2(C)C3=CC[C@]4(C)[C@H]5[C@H](O)C[C@@H](C(C)C)[C@]5(CO)CC[C@@]4(C)[C@@H]3[C@@H](O)C[C@H]2C(C)(C)[C@H]1O[C@@H]1O[C@H](CO)[C@@H](O)[C@H](O)[C@H]1O. The smallest absolute Gasteiger partial charge is 0.302 e. The highest BCUT2D eigenvalue weighted by Crippen LogP contribution is 2.76. The van der Waals surface area contributed by atoms with Crippen molar-refractivity contribution < 1.29 is 54.8 Å². The number of aliphatic hydroxyl groups is 7. The van der Waals surface area contributed by atoms with E-state index in [9.17, 15) is 40.5 Å². The lowest BCUT2D eigenvalue weighted by Crippen LogP contribution is -2.69. The van der Waals surface area contributed by atoms with Crippen molar-refractivity contribution in [1.29, 1.82) is 0 Å². The number of carbonyl (C=O) groups is 1. The fourth-order valence-corrected chi connectivity index (χ4v) is 13.2. The number of allylic oxidation sites excluding steroid dienone is 1. The molecule has 1 heterocycles. The number of fused-ring (bicyclic) bond motifs is 7. The van der Waals surface area contributed by atoms with Crippen LogP contribution in [0.2, 0.25) is 0 Å². The number of carbonyl (C=O) groups excluding carboxylic acids is 1. The van der Waals surface area contributed by atoms with Crippen molar-refractivity contribution in [2.24, 2.45) is 56.7 Å². The number of hydrogen-bond acceptors (Lipinski definition) is 11. The average Bonchev–Trinajstić information content (AvgIpc) is 3.34. The fraction of sp³-hybridized carbons (Fsp3) is 0.921. The van der Waals surface area contributed by atoms with Crippen LogP contribution in [0.4, 0.5) is 0 Å². The highest BCUT2D eigenvalue weighted by molar-refractivity contribution is 5.66. The van der Waals surface area contributed by atoms with Crippen molar-refractivity contribution in [3.05, 3.63) is 11.6 Å². The monoisotopic (exact) mass is 694 g/mol. The van der Waals surface area contributed by atoms with Crippen LogP contribution in [0.1, 0.15) is 93.9 Å². The molecular weight excluding hydrogens is 632 g/mol. The number of aliphatic hydroxyl groups excluding tert-OH is 7. The van der Waals surface area contributed by atoms with Crippen molar-refractivity contribution in [3.63, 3.8) is 0 Å². The summed E-state index contributed by atoms with van der Waals surface area (Å²) in [5.74, 6) is -0.403. The minimum Gasteiger partial charge on any atom is -0.460 e. The van der Waals surface area contributed by atoms with E-state index in [0.717, 1.165) is 18.4 Å². The summed E-state index contributed by atoms with van der Waals surface area (Å²) >= 11 is 0. The zero-order valence-electron chi connectivity index (χ0n) is 30.6. The molecule has 0 aromatic carbocycles. The van der Waals surface area contributed by atoms with Gasteiger partial charge in [0.15, 0.2) is 6.29 Å². The van der Waals surface area contributed by atoms with Gasteiger partial charge in [-0.15, -0.1) is 0 Å². The zero-order chi connectivity index (χ0) is 36.2. The largest absolute Gasteiger partial charge is 0.460 e. The highest BCUT2D eigenvalue weighted by Gasteiger charge is 2.73. The standard InChI is InChI=1S/C38H62O11/c1-18(2)21-13-23(43)31-37(8)10-9-20-27(36(37,7)11-12-38(21,31)17-40)22(42)14-26-34(4,5)32(24(47-19(3)41)15-35(20,26)6)49-33-30(46)29(45)28(44)25(16-39)48-33/h9,18,21-33,39-40,42-46H,10-17H2,1-8H3/t21-,22-,23+,24+,25+,26-,27-,28+,29-,30+,31+,32-,33-,35+,36-,37+,38+/m0/s1. The predicted molar refractivity (Wildman–Crippen MR) is 178 cm³/mol. The summed E-state index contributed by atoms with van der Waals surface area (Å²) in [4.78, 5) is 12.6. The van der Waals surface area contributed by atoms with E-state index in [1.165, 1.54) is 6.92 Å². The normalized spacial score (nSPS) is 53.6. The van der Waals surface area contributed by atoms with Crippen LogP contribution in [0, 0.1) is 56.7 Å². The Morgan fingerprint density at radius 3 is 2.20 bits per heavy atom. The van der Waals surface area contributed by atoms with E-state index in [4.69, 9.17) is 14.2 Å². The van der Waals surface area contributed by atoms with Crippen LogP contribution in [0.3, 0.4) is 0 Å². The summed E-state index contributed by atoms with van der Waals surface area (Å²) in [5.41, 5.74) is -1.22. The number of ether oxygens (including phenoxy) is 3. The van der Waals surface area contributed by atoms with Gasteiger partial charge < -0.3 is 50.0 Å². The van der Waals surface area contributed by atoms with Crippen LogP contribution < -0.4 is 0 Å². The van der Waals surface area contributed by atoms with Gasteiger partial charge in [0, 0.05) is 24.9 Å². The van der Waals surface area contributed by atoms with Crippen molar-refractivity contribution >= 4 is 5.97 Å². The molecule has 1 aliphatic heterocycles.